The summed E-state index contributed by atoms with van der Waals surface area (Å²) in [6.45, 7) is -0.146. The van der Waals surface area contributed by atoms with Crippen molar-refractivity contribution in [1.82, 2.24) is 14.7 Å². The van der Waals surface area contributed by atoms with Crippen LogP contribution in [0.5, 0.6) is 0 Å². The molecule has 3 rings (SSSR count). The van der Waals surface area contributed by atoms with Gasteiger partial charge in [0.25, 0.3) is 0 Å². The van der Waals surface area contributed by atoms with Gasteiger partial charge in [-0.05, 0) is 6.07 Å². The molecule has 25 heavy (non-hydrogen) atoms. The molecule has 0 unspecified atom stereocenters. The van der Waals surface area contributed by atoms with Gasteiger partial charge in [-0.25, -0.2) is 23.1 Å². The van der Waals surface area contributed by atoms with Crippen molar-refractivity contribution < 1.29 is 21.6 Å². The third kappa shape index (κ3) is 3.97. The number of thiazole rings is 1. The topological polar surface area (TPSA) is 72.0 Å². The first kappa shape index (κ1) is 17.8. The number of hydrogen-bond donors (Lipinski definition) is 1. The third-order valence-corrected chi connectivity index (χ3v) is 4.83. The van der Waals surface area contributed by atoms with Gasteiger partial charge in [-0.3, -0.25) is 0 Å². The van der Waals surface area contributed by atoms with Crippen LogP contribution in [0.25, 0.3) is 21.5 Å². The summed E-state index contributed by atoms with van der Waals surface area (Å²) >= 11 is 0.836. The zero-order valence-corrected chi connectivity index (χ0v) is 14.4. The number of halogens is 3. The number of benzene rings is 1. The van der Waals surface area contributed by atoms with E-state index in [0.29, 0.717) is 22.0 Å². The fourth-order valence-corrected chi connectivity index (χ4v) is 3.54. The molecule has 0 saturated carbocycles. The van der Waals surface area contributed by atoms with Gasteiger partial charge < -0.3 is 0 Å². The number of para-hydroxylation sites is 1. The Morgan fingerprint density at radius 2 is 2.00 bits per heavy atom. The number of nitrogens with one attached hydrogen (secondary N) is 1. The van der Waals surface area contributed by atoms with E-state index in [9.17, 15) is 21.6 Å². The molecule has 2 aromatic heterocycles. The minimum atomic E-state index is -4.55. The quantitative estimate of drug-likeness (QED) is 0.747. The summed E-state index contributed by atoms with van der Waals surface area (Å²) in [5, 5.41) is 1.64. The van der Waals surface area contributed by atoms with Crippen LogP contribution in [-0.4, -0.2) is 24.6 Å². The predicted molar refractivity (Wildman–Crippen MR) is 88.4 cm³/mol. The SMILES string of the molecule is CS(=O)(=O)NCc1[c]nc2ccccc2c1-c1nc(C(F)(F)F)cs1. The molecule has 131 valence electrons. The van der Waals surface area contributed by atoms with Crippen molar-refractivity contribution >= 4 is 32.3 Å². The molecule has 0 aliphatic rings. The molecule has 0 fully saturated rings. The van der Waals surface area contributed by atoms with Crippen LogP contribution < -0.4 is 4.72 Å². The lowest BCUT2D eigenvalue weighted by Gasteiger charge is -2.10. The van der Waals surface area contributed by atoms with Crippen molar-refractivity contribution in [2.45, 2.75) is 12.7 Å². The smallest absolute Gasteiger partial charge is 0.246 e. The molecule has 0 aliphatic heterocycles. The van der Waals surface area contributed by atoms with Crippen molar-refractivity contribution in [2.75, 3.05) is 6.26 Å². The highest BCUT2D eigenvalue weighted by Gasteiger charge is 2.34. The number of fused-ring (bicyclic) bond motifs is 1. The summed E-state index contributed by atoms with van der Waals surface area (Å²) < 4.78 is 63.6. The maximum atomic E-state index is 12.9. The van der Waals surface area contributed by atoms with Crippen LogP contribution >= 0.6 is 11.3 Å². The van der Waals surface area contributed by atoms with Crippen LogP contribution in [0.2, 0.25) is 0 Å². The first-order chi connectivity index (χ1) is 11.6. The Labute approximate surface area is 145 Å². The molecule has 0 spiro atoms. The first-order valence-corrected chi connectivity index (χ1v) is 9.69. The lowest BCUT2D eigenvalue weighted by Crippen LogP contribution is -2.21. The van der Waals surface area contributed by atoms with Crippen molar-refractivity contribution in [3.05, 3.63) is 47.1 Å². The molecule has 1 aromatic carbocycles. The number of rotatable bonds is 4. The second-order valence-electron chi connectivity index (χ2n) is 5.22. The second kappa shape index (κ2) is 6.36. The van der Waals surface area contributed by atoms with Gasteiger partial charge >= 0.3 is 6.18 Å². The highest BCUT2D eigenvalue weighted by Crippen LogP contribution is 2.37. The summed E-state index contributed by atoms with van der Waals surface area (Å²) in [5.41, 5.74) is 0.259. The zero-order chi connectivity index (χ0) is 18.2. The lowest BCUT2D eigenvalue weighted by molar-refractivity contribution is -0.140. The van der Waals surface area contributed by atoms with Gasteiger partial charge in [0.05, 0.1) is 18.0 Å². The van der Waals surface area contributed by atoms with Crippen LogP contribution in [-0.2, 0) is 22.7 Å². The average Bonchev–Trinajstić information content (AvgIpc) is 3.01. The van der Waals surface area contributed by atoms with Crippen molar-refractivity contribution in [3.63, 3.8) is 0 Å². The lowest BCUT2D eigenvalue weighted by atomic mass is 10.0. The van der Waals surface area contributed by atoms with Crippen LogP contribution in [0.15, 0.2) is 29.6 Å². The number of aromatic nitrogens is 2. The van der Waals surface area contributed by atoms with Crippen LogP contribution in [0.1, 0.15) is 11.3 Å². The Kier molecular flexibility index (Phi) is 4.52. The van der Waals surface area contributed by atoms with Crippen molar-refractivity contribution in [1.29, 1.82) is 0 Å². The maximum absolute atomic E-state index is 12.9. The van der Waals surface area contributed by atoms with E-state index in [1.807, 2.05) is 0 Å². The van der Waals surface area contributed by atoms with E-state index in [1.54, 1.807) is 24.3 Å². The summed E-state index contributed by atoms with van der Waals surface area (Å²) in [5.74, 6) is 0. The van der Waals surface area contributed by atoms with E-state index < -0.39 is 21.9 Å². The standard InChI is InChI=1S/C15H11F3N3O2S2/c1-25(22,23)20-7-9-6-19-11-5-3-2-4-10(11)13(9)14-21-12(8-24-14)15(16,17)18/h2-5,8,20H,7H2,1H3. The summed E-state index contributed by atoms with van der Waals surface area (Å²) in [4.78, 5) is 7.79. The minimum absolute atomic E-state index is 0.132. The van der Waals surface area contributed by atoms with Gasteiger partial charge in [0.1, 0.15) is 5.01 Å². The van der Waals surface area contributed by atoms with E-state index in [4.69, 9.17) is 0 Å². The maximum Gasteiger partial charge on any atom is 0.434 e. The molecule has 0 saturated heterocycles. The van der Waals surface area contributed by atoms with E-state index in [2.05, 4.69) is 20.9 Å². The van der Waals surface area contributed by atoms with Crippen molar-refractivity contribution in [3.8, 4) is 10.6 Å². The van der Waals surface area contributed by atoms with Gasteiger partial charge in [0.2, 0.25) is 10.0 Å². The molecule has 1 N–H and O–H groups in total. The highest BCUT2D eigenvalue weighted by molar-refractivity contribution is 7.88. The van der Waals surface area contributed by atoms with E-state index in [0.717, 1.165) is 23.0 Å². The van der Waals surface area contributed by atoms with Gasteiger partial charge in [-0.1, -0.05) is 18.2 Å². The van der Waals surface area contributed by atoms with Gasteiger partial charge in [0.15, 0.2) is 5.69 Å². The monoisotopic (exact) mass is 386 g/mol. The number of hydrogen-bond acceptors (Lipinski definition) is 5. The third-order valence-electron chi connectivity index (χ3n) is 3.31. The molecule has 1 radical (unpaired) electrons. The fraction of sp³-hybridized carbons (Fsp3) is 0.200. The summed E-state index contributed by atoms with van der Waals surface area (Å²) in [6.07, 6.45) is -0.849. The van der Waals surface area contributed by atoms with Gasteiger partial charge in [0, 0.05) is 28.4 Å². The molecule has 0 amide bonds. The average molecular weight is 386 g/mol. The summed E-state index contributed by atoms with van der Waals surface area (Å²) in [7, 11) is -3.49. The molecule has 2 heterocycles. The minimum Gasteiger partial charge on any atom is -0.246 e. The van der Waals surface area contributed by atoms with Gasteiger partial charge in [-0.15, -0.1) is 11.3 Å². The number of pyridine rings is 1. The van der Waals surface area contributed by atoms with Crippen LogP contribution in [0.3, 0.4) is 0 Å². The fourth-order valence-electron chi connectivity index (χ4n) is 2.22. The number of alkyl halides is 3. The van der Waals surface area contributed by atoms with Crippen LogP contribution in [0.4, 0.5) is 13.2 Å². The molecule has 10 heteroatoms. The molecular weight excluding hydrogens is 375 g/mol. The Morgan fingerprint density at radius 3 is 2.64 bits per heavy atom. The summed E-state index contributed by atoms with van der Waals surface area (Å²) in [6, 6.07) is 6.86. The number of nitrogens with zero attached hydrogens (tertiary/aromatic N) is 2. The normalized spacial score (nSPS) is 12.6. The van der Waals surface area contributed by atoms with Gasteiger partial charge in [-0.2, -0.15) is 13.2 Å². The zero-order valence-electron chi connectivity index (χ0n) is 12.8. The molecule has 3 aromatic rings. The van der Waals surface area contributed by atoms with E-state index in [1.165, 1.54) is 0 Å². The Balaban J connectivity index is 2.17. The predicted octanol–water partition coefficient (Wildman–Crippen LogP) is 3.23. The van der Waals surface area contributed by atoms with Crippen LogP contribution in [0, 0.1) is 6.20 Å². The Hall–Kier alpha value is -2.04. The Morgan fingerprint density at radius 1 is 1.28 bits per heavy atom. The molecule has 5 nitrogen and oxygen atoms in total. The molecule has 0 aliphatic carbocycles. The largest absolute Gasteiger partial charge is 0.434 e. The number of sulfonamides is 1. The molecule has 0 atom stereocenters. The second-order valence-corrected chi connectivity index (χ2v) is 7.91. The molecule has 0 bridgehead atoms. The van der Waals surface area contributed by atoms with Crippen molar-refractivity contribution in [2.24, 2.45) is 0 Å². The molecular formula is C15H11F3N3O2S2. The first-order valence-electron chi connectivity index (χ1n) is 6.92. The highest BCUT2D eigenvalue weighted by atomic mass is 32.2. The van der Waals surface area contributed by atoms with E-state index >= 15 is 0 Å². The van der Waals surface area contributed by atoms with E-state index in [-0.39, 0.29) is 11.6 Å². The Bertz CT molecular complexity index is 1030.